The maximum absolute atomic E-state index is 12.5. The number of piperazine rings is 1. The van der Waals surface area contributed by atoms with Gasteiger partial charge in [0, 0.05) is 42.5 Å². The van der Waals surface area contributed by atoms with E-state index in [1.54, 1.807) is 0 Å². The zero-order chi connectivity index (χ0) is 20.2. The van der Waals surface area contributed by atoms with Crippen LogP contribution in [0.1, 0.15) is 12.5 Å². The summed E-state index contributed by atoms with van der Waals surface area (Å²) in [6, 6.07) is 15.6. The third-order valence-electron chi connectivity index (χ3n) is 4.84. The number of aliphatic imine (C=N–C) groups is 1. The van der Waals surface area contributed by atoms with E-state index in [-0.39, 0.29) is 5.91 Å². The van der Waals surface area contributed by atoms with Crippen molar-refractivity contribution in [2.45, 2.75) is 6.92 Å². The van der Waals surface area contributed by atoms with Crippen LogP contribution in [0.4, 0.5) is 5.69 Å². The van der Waals surface area contributed by atoms with Crippen molar-refractivity contribution >= 4 is 46.2 Å². The minimum atomic E-state index is -0.187. The number of amides is 1. The first-order chi connectivity index (χ1) is 14.1. The molecule has 0 N–H and O–H groups in total. The second-order valence-corrected chi connectivity index (χ2v) is 8.18. The zero-order valence-corrected chi connectivity index (χ0v) is 17.7. The fraction of sp³-hybridized carbons (Fsp3) is 0.273. The van der Waals surface area contributed by atoms with Gasteiger partial charge in [0.15, 0.2) is 5.17 Å². The van der Waals surface area contributed by atoms with Gasteiger partial charge in [-0.2, -0.15) is 4.99 Å². The van der Waals surface area contributed by atoms with Crippen LogP contribution in [0.2, 0.25) is 5.02 Å². The van der Waals surface area contributed by atoms with E-state index in [4.69, 9.17) is 16.3 Å². The van der Waals surface area contributed by atoms with Gasteiger partial charge >= 0.3 is 0 Å². The number of carbonyl (C=O) groups excluding carboxylic acids is 1. The van der Waals surface area contributed by atoms with E-state index in [1.807, 2.05) is 55.5 Å². The van der Waals surface area contributed by atoms with Gasteiger partial charge in [-0.15, -0.1) is 0 Å². The SMILES string of the molecule is CCOc1ccccc1/C=C1\SC(N2CCN(c3cccc(Cl)c3)CC2)=NC1=O. The van der Waals surface area contributed by atoms with Gasteiger partial charge in [-0.05, 0) is 49.0 Å². The number of amidine groups is 1. The quantitative estimate of drug-likeness (QED) is 0.671. The number of rotatable bonds is 4. The molecule has 2 aliphatic heterocycles. The molecule has 0 unspecified atom stereocenters. The highest BCUT2D eigenvalue weighted by atomic mass is 35.5. The van der Waals surface area contributed by atoms with E-state index in [1.165, 1.54) is 11.8 Å². The molecule has 0 bridgehead atoms. The number of hydrogen-bond acceptors (Lipinski definition) is 5. The van der Waals surface area contributed by atoms with Crippen molar-refractivity contribution in [1.82, 2.24) is 4.90 Å². The molecule has 0 spiro atoms. The minimum absolute atomic E-state index is 0.187. The molecule has 0 aromatic heterocycles. The normalized spacial score (nSPS) is 18.3. The summed E-state index contributed by atoms with van der Waals surface area (Å²) in [5, 5.41) is 1.52. The Bertz CT molecular complexity index is 968. The summed E-state index contributed by atoms with van der Waals surface area (Å²) in [7, 11) is 0. The Kier molecular flexibility index (Phi) is 6.11. The Hall–Kier alpha value is -2.44. The van der Waals surface area contributed by atoms with Gasteiger partial charge < -0.3 is 14.5 Å². The lowest BCUT2D eigenvalue weighted by molar-refractivity contribution is -0.113. The van der Waals surface area contributed by atoms with E-state index in [9.17, 15) is 4.79 Å². The van der Waals surface area contributed by atoms with Gasteiger partial charge in [0.2, 0.25) is 0 Å². The molecular formula is C22H22ClN3O2S. The van der Waals surface area contributed by atoms with Crippen molar-refractivity contribution in [3.63, 3.8) is 0 Å². The molecule has 4 rings (SSSR count). The van der Waals surface area contributed by atoms with Gasteiger partial charge in [-0.1, -0.05) is 35.9 Å². The van der Waals surface area contributed by atoms with Crippen LogP contribution in [0.15, 0.2) is 58.4 Å². The van der Waals surface area contributed by atoms with E-state index >= 15 is 0 Å². The molecule has 2 aromatic rings. The zero-order valence-electron chi connectivity index (χ0n) is 16.2. The average molecular weight is 428 g/mol. The number of anilines is 1. The Morgan fingerprint density at radius 1 is 1.10 bits per heavy atom. The first-order valence-electron chi connectivity index (χ1n) is 9.64. The molecule has 0 saturated carbocycles. The molecule has 0 aliphatic carbocycles. The summed E-state index contributed by atoms with van der Waals surface area (Å²) < 4.78 is 5.66. The van der Waals surface area contributed by atoms with Crippen molar-refractivity contribution in [1.29, 1.82) is 0 Å². The predicted octanol–water partition coefficient (Wildman–Crippen LogP) is 4.53. The summed E-state index contributed by atoms with van der Waals surface area (Å²) in [6.45, 7) is 5.88. The van der Waals surface area contributed by atoms with Crippen LogP contribution >= 0.6 is 23.4 Å². The van der Waals surface area contributed by atoms with Crippen LogP contribution in [-0.2, 0) is 4.79 Å². The van der Waals surface area contributed by atoms with Gasteiger partial charge in [0.25, 0.3) is 5.91 Å². The molecule has 0 radical (unpaired) electrons. The molecule has 2 heterocycles. The second kappa shape index (κ2) is 8.93. The fourth-order valence-corrected chi connectivity index (χ4v) is 4.53. The number of para-hydroxylation sites is 1. The molecule has 150 valence electrons. The lowest BCUT2D eigenvalue weighted by Crippen LogP contribution is -2.47. The Labute approximate surface area is 180 Å². The smallest absolute Gasteiger partial charge is 0.286 e. The number of carbonyl (C=O) groups is 1. The predicted molar refractivity (Wildman–Crippen MR) is 121 cm³/mol. The lowest BCUT2D eigenvalue weighted by atomic mass is 10.2. The minimum Gasteiger partial charge on any atom is -0.493 e. The molecule has 7 heteroatoms. The van der Waals surface area contributed by atoms with Crippen molar-refractivity contribution < 1.29 is 9.53 Å². The van der Waals surface area contributed by atoms with Crippen LogP contribution in [0.3, 0.4) is 0 Å². The van der Waals surface area contributed by atoms with Crippen LogP contribution in [0.5, 0.6) is 5.75 Å². The average Bonchev–Trinajstić information content (AvgIpc) is 3.10. The molecule has 5 nitrogen and oxygen atoms in total. The lowest BCUT2D eigenvalue weighted by Gasteiger charge is -2.36. The monoisotopic (exact) mass is 427 g/mol. The first kappa shape index (κ1) is 19.9. The number of nitrogens with zero attached hydrogens (tertiary/aromatic N) is 3. The summed E-state index contributed by atoms with van der Waals surface area (Å²) in [5.74, 6) is 0.591. The Balaban J connectivity index is 1.42. The Morgan fingerprint density at radius 3 is 2.62 bits per heavy atom. The highest BCUT2D eigenvalue weighted by Crippen LogP contribution is 2.33. The van der Waals surface area contributed by atoms with Crippen molar-refractivity contribution in [3.8, 4) is 5.75 Å². The van der Waals surface area contributed by atoms with E-state index < -0.39 is 0 Å². The molecule has 29 heavy (non-hydrogen) atoms. The third kappa shape index (κ3) is 4.60. The molecular weight excluding hydrogens is 406 g/mol. The first-order valence-corrected chi connectivity index (χ1v) is 10.8. The van der Waals surface area contributed by atoms with Crippen LogP contribution in [0.25, 0.3) is 6.08 Å². The van der Waals surface area contributed by atoms with Gasteiger partial charge in [-0.3, -0.25) is 4.79 Å². The van der Waals surface area contributed by atoms with Crippen molar-refractivity contribution in [2.75, 3.05) is 37.7 Å². The fourth-order valence-electron chi connectivity index (χ4n) is 3.39. The van der Waals surface area contributed by atoms with Crippen molar-refractivity contribution in [3.05, 3.63) is 64.0 Å². The number of thioether (sulfide) groups is 1. The number of benzene rings is 2. The molecule has 1 amide bonds. The summed E-state index contributed by atoms with van der Waals surface area (Å²) in [4.78, 5) is 21.9. The number of hydrogen-bond donors (Lipinski definition) is 0. The number of halogens is 1. The van der Waals surface area contributed by atoms with Crippen LogP contribution < -0.4 is 9.64 Å². The van der Waals surface area contributed by atoms with Gasteiger partial charge in [0.05, 0.1) is 11.5 Å². The second-order valence-electron chi connectivity index (χ2n) is 6.73. The van der Waals surface area contributed by atoms with Crippen molar-refractivity contribution in [2.24, 2.45) is 4.99 Å². The van der Waals surface area contributed by atoms with E-state index in [0.29, 0.717) is 11.5 Å². The van der Waals surface area contributed by atoms with Gasteiger partial charge in [-0.25, -0.2) is 0 Å². The van der Waals surface area contributed by atoms with E-state index in [2.05, 4.69) is 20.9 Å². The molecule has 1 saturated heterocycles. The van der Waals surface area contributed by atoms with E-state index in [0.717, 1.165) is 53.4 Å². The molecule has 0 atom stereocenters. The Morgan fingerprint density at radius 2 is 1.86 bits per heavy atom. The summed E-state index contributed by atoms with van der Waals surface area (Å²) >= 11 is 7.55. The maximum atomic E-state index is 12.5. The van der Waals surface area contributed by atoms with Gasteiger partial charge in [0.1, 0.15) is 5.75 Å². The molecule has 2 aliphatic rings. The molecule has 1 fully saturated rings. The third-order valence-corrected chi connectivity index (χ3v) is 6.12. The highest BCUT2D eigenvalue weighted by Gasteiger charge is 2.28. The highest BCUT2D eigenvalue weighted by molar-refractivity contribution is 8.18. The maximum Gasteiger partial charge on any atom is 0.286 e. The summed E-state index contributed by atoms with van der Waals surface area (Å²) in [6.07, 6.45) is 1.87. The summed E-state index contributed by atoms with van der Waals surface area (Å²) in [5.41, 5.74) is 2.02. The largest absolute Gasteiger partial charge is 0.493 e. The molecule has 2 aromatic carbocycles. The number of ether oxygens (including phenoxy) is 1. The van der Waals surface area contributed by atoms with Crippen LogP contribution in [0, 0.1) is 0 Å². The topological polar surface area (TPSA) is 45.1 Å². The standard InChI is InChI=1S/C22H22ClN3O2S/c1-2-28-19-9-4-3-6-16(19)14-20-21(27)24-22(29-20)26-12-10-25(11-13-26)18-8-5-7-17(23)15-18/h3-9,14-15H,2,10-13H2,1H3/b20-14-. The van der Waals surface area contributed by atoms with Crippen LogP contribution in [-0.4, -0.2) is 48.8 Å².